The minimum Gasteiger partial charge on any atom is -0.352 e. The van der Waals surface area contributed by atoms with Crippen LogP contribution in [0.4, 0.5) is 0 Å². The second-order valence-corrected chi connectivity index (χ2v) is 8.99. The van der Waals surface area contributed by atoms with E-state index in [0.29, 0.717) is 23.1 Å². The third-order valence-corrected chi connectivity index (χ3v) is 6.38. The number of benzene rings is 2. The summed E-state index contributed by atoms with van der Waals surface area (Å²) >= 11 is 7.57. The Morgan fingerprint density at radius 3 is 2.53 bits per heavy atom. The van der Waals surface area contributed by atoms with Crippen LogP contribution in [0.1, 0.15) is 43.9 Å². The average molecular weight is 447 g/mol. The topological polar surface area (TPSA) is 49.4 Å². The van der Waals surface area contributed by atoms with Crippen LogP contribution in [0.25, 0.3) is 0 Å². The van der Waals surface area contributed by atoms with Crippen molar-refractivity contribution < 1.29 is 9.59 Å². The van der Waals surface area contributed by atoms with Gasteiger partial charge >= 0.3 is 0 Å². The summed E-state index contributed by atoms with van der Waals surface area (Å²) in [6.07, 6.45) is 0.847. The molecule has 4 nitrogen and oxygen atoms in total. The van der Waals surface area contributed by atoms with Gasteiger partial charge in [0.15, 0.2) is 0 Å². The fourth-order valence-corrected chi connectivity index (χ4v) is 4.06. The highest BCUT2D eigenvalue weighted by molar-refractivity contribution is 7.99. The SMILES string of the molecule is CC[C@H](C)NC(=O)[C@@H](C)N(Cc1ccccc1C)C(=O)CSCc1cccc(Cl)c1. The fourth-order valence-electron chi connectivity index (χ4n) is 2.99. The molecule has 30 heavy (non-hydrogen) atoms. The number of hydrogen-bond acceptors (Lipinski definition) is 3. The summed E-state index contributed by atoms with van der Waals surface area (Å²) in [7, 11) is 0. The van der Waals surface area contributed by atoms with Crippen molar-refractivity contribution in [2.24, 2.45) is 0 Å². The van der Waals surface area contributed by atoms with Crippen molar-refractivity contribution in [2.75, 3.05) is 5.75 Å². The maximum Gasteiger partial charge on any atom is 0.242 e. The number of halogens is 1. The van der Waals surface area contributed by atoms with E-state index in [-0.39, 0.29) is 17.9 Å². The molecule has 0 bridgehead atoms. The molecule has 0 radical (unpaired) electrons. The Morgan fingerprint density at radius 1 is 1.13 bits per heavy atom. The van der Waals surface area contributed by atoms with Gasteiger partial charge in [0.2, 0.25) is 11.8 Å². The molecule has 2 amide bonds. The molecule has 0 heterocycles. The van der Waals surface area contributed by atoms with Gasteiger partial charge in [0.25, 0.3) is 0 Å². The van der Waals surface area contributed by atoms with Gasteiger partial charge in [0, 0.05) is 23.4 Å². The Labute approximate surface area is 189 Å². The lowest BCUT2D eigenvalue weighted by Crippen LogP contribution is -2.50. The van der Waals surface area contributed by atoms with E-state index in [1.54, 1.807) is 11.8 Å². The number of rotatable bonds is 10. The summed E-state index contributed by atoms with van der Waals surface area (Å²) in [5.41, 5.74) is 3.23. The average Bonchev–Trinajstić information content (AvgIpc) is 2.72. The molecule has 6 heteroatoms. The van der Waals surface area contributed by atoms with Crippen molar-refractivity contribution in [3.63, 3.8) is 0 Å². The third kappa shape index (κ3) is 7.37. The first-order valence-electron chi connectivity index (χ1n) is 10.3. The maximum absolute atomic E-state index is 13.1. The van der Waals surface area contributed by atoms with Crippen molar-refractivity contribution in [3.05, 3.63) is 70.2 Å². The third-order valence-electron chi connectivity index (χ3n) is 5.15. The largest absolute Gasteiger partial charge is 0.352 e. The molecular formula is C24H31ClN2O2S. The predicted octanol–water partition coefficient (Wildman–Crippen LogP) is 5.21. The molecule has 0 saturated heterocycles. The van der Waals surface area contributed by atoms with E-state index >= 15 is 0 Å². The highest BCUT2D eigenvalue weighted by Gasteiger charge is 2.27. The lowest BCUT2D eigenvalue weighted by Gasteiger charge is -2.30. The van der Waals surface area contributed by atoms with Gasteiger partial charge in [-0.3, -0.25) is 9.59 Å². The van der Waals surface area contributed by atoms with Crippen LogP contribution in [-0.2, 0) is 21.9 Å². The molecule has 0 aromatic heterocycles. The number of carbonyl (C=O) groups is 2. The van der Waals surface area contributed by atoms with E-state index in [1.807, 2.05) is 69.3 Å². The van der Waals surface area contributed by atoms with E-state index in [1.165, 1.54) is 11.8 Å². The van der Waals surface area contributed by atoms with Crippen LogP contribution in [0.15, 0.2) is 48.5 Å². The van der Waals surface area contributed by atoms with Crippen LogP contribution in [0.5, 0.6) is 0 Å². The normalized spacial score (nSPS) is 12.8. The first kappa shape index (κ1) is 24.3. The van der Waals surface area contributed by atoms with Crippen LogP contribution in [0, 0.1) is 6.92 Å². The number of nitrogens with zero attached hydrogens (tertiary/aromatic N) is 1. The summed E-state index contributed by atoms with van der Waals surface area (Å²) in [4.78, 5) is 27.5. The summed E-state index contributed by atoms with van der Waals surface area (Å²) in [5.74, 6) is 0.834. The zero-order valence-electron chi connectivity index (χ0n) is 18.2. The Bertz CT molecular complexity index is 859. The summed E-state index contributed by atoms with van der Waals surface area (Å²) in [6, 6.07) is 15.2. The number of hydrogen-bond donors (Lipinski definition) is 1. The van der Waals surface area contributed by atoms with E-state index in [4.69, 9.17) is 11.6 Å². The Kier molecular flexibility index (Phi) is 9.73. The van der Waals surface area contributed by atoms with Crippen LogP contribution in [-0.4, -0.2) is 34.6 Å². The number of nitrogens with one attached hydrogen (secondary N) is 1. The molecule has 0 aliphatic carbocycles. The van der Waals surface area contributed by atoms with Gasteiger partial charge in [-0.25, -0.2) is 0 Å². The van der Waals surface area contributed by atoms with E-state index < -0.39 is 6.04 Å². The second-order valence-electron chi connectivity index (χ2n) is 7.56. The lowest BCUT2D eigenvalue weighted by molar-refractivity contribution is -0.138. The molecule has 0 spiro atoms. The second kappa shape index (κ2) is 12.0. The first-order chi connectivity index (χ1) is 14.3. The summed E-state index contributed by atoms with van der Waals surface area (Å²) in [6.45, 7) is 8.24. The maximum atomic E-state index is 13.1. The van der Waals surface area contributed by atoms with Gasteiger partial charge in [-0.2, -0.15) is 0 Å². The van der Waals surface area contributed by atoms with Crippen LogP contribution in [0.2, 0.25) is 5.02 Å². The minimum atomic E-state index is -0.544. The summed E-state index contributed by atoms with van der Waals surface area (Å²) in [5, 5.41) is 3.69. The molecule has 2 aromatic carbocycles. The van der Waals surface area contributed by atoms with Gasteiger partial charge in [0.1, 0.15) is 6.04 Å². The minimum absolute atomic E-state index is 0.0444. The molecule has 1 N–H and O–H groups in total. The first-order valence-corrected chi connectivity index (χ1v) is 11.8. The monoisotopic (exact) mass is 446 g/mol. The Balaban J connectivity index is 2.09. The molecule has 0 saturated carbocycles. The zero-order valence-corrected chi connectivity index (χ0v) is 19.7. The standard InChI is InChI=1S/C24H31ClN2O2S/c1-5-18(3)26-24(29)19(4)27(14-21-11-7-6-9-17(21)2)23(28)16-30-15-20-10-8-12-22(25)13-20/h6-13,18-19H,5,14-16H2,1-4H3,(H,26,29)/t18-,19+/m0/s1. The van der Waals surface area contributed by atoms with Crippen molar-refractivity contribution in [1.82, 2.24) is 10.2 Å². The highest BCUT2D eigenvalue weighted by atomic mass is 35.5. The van der Waals surface area contributed by atoms with Crippen molar-refractivity contribution >= 4 is 35.2 Å². The van der Waals surface area contributed by atoms with Gasteiger partial charge in [-0.15, -0.1) is 11.8 Å². The molecule has 0 aliphatic rings. The number of carbonyl (C=O) groups excluding carboxylic acids is 2. The van der Waals surface area contributed by atoms with Crippen LogP contribution >= 0.6 is 23.4 Å². The molecular weight excluding hydrogens is 416 g/mol. The zero-order chi connectivity index (χ0) is 22.1. The quantitative estimate of drug-likeness (QED) is 0.544. The number of thioether (sulfide) groups is 1. The number of aryl methyl sites for hydroxylation is 1. The molecule has 2 aromatic rings. The predicted molar refractivity (Wildman–Crippen MR) is 127 cm³/mol. The van der Waals surface area contributed by atoms with Gasteiger partial charge < -0.3 is 10.2 Å². The molecule has 2 rings (SSSR count). The van der Waals surface area contributed by atoms with Gasteiger partial charge in [0.05, 0.1) is 5.75 Å². The molecule has 0 unspecified atom stereocenters. The van der Waals surface area contributed by atoms with E-state index in [2.05, 4.69) is 5.32 Å². The van der Waals surface area contributed by atoms with Crippen LogP contribution < -0.4 is 5.32 Å². The van der Waals surface area contributed by atoms with E-state index in [9.17, 15) is 9.59 Å². The molecule has 0 aliphatic heterocycles. The lowest BCUT2D eigenvalue weighted by atomic mass is 10.1. The molecule has 162 valence electrons. The Morgan fingerprint density at radius 2 is 1.87 bits per heavy atom. The Hall–Kier alpha value is -1.98. The molecule has 2 atom stereocenters. The van der Waals surface area contributed by atoms with Crippen molar-refractivity contribution in [1.29, 1.82) is 0 Å². The van der Waals surface area contributed by atoms with Crippen LogP contribution in [0.3, 0.4) is 0 Å². The van der Waals surface area contributed by atoms with Crippen molar-refractivity contribution in [3.8, 4) is 0 Å². The molecule has 0 fully saturated rings. The highest BCUT2D eigenvalue weighted by Crippen LogP contribution is 2.19. The number of amides is 2. The van der Waals surface area contributed by atoms with Crippen molar-refractivity contribution in [2.45, 2.75) is 58.5 Å². The fraction of sp³-hybridized carbons (Fsp3) is 0.417. The van der Waals surface area contributed by atoms with E-state index in [0.717, 1.165) is 23.1 Å². The van der Waals surface area contributed by atoms with Gasteiger partial charge in [-0.1, -0.05) is 54.9 Å². The smallest absolute Gasteiger partial charge is 0.242 e. The van der Waals surface area contributed by atoms with Gasteiger partial charge in [-0.05, 0) is 56.0 Å². The summed E-state index contributed by atoms with van der Waals surface area (Å²) < 4.78 is 0.